The average Bonchev–Trinajstić information content (AvgIpc) is 2.61. The van der Waals surface area contributed by atoms with Crippen molar-refractivity contribution in [1.29, 1.82) is 0 Å². The van der Waals surface area contributed by atoms with Crippen LogP contribution in [0.1, 0.15) is 24.1 Å². The van der Waals surface area contributed by atoms with Crippen molar-refractivity contribution >= 4 is 21.6 Å². The van der Waals surface area contributed by atoms with E-state index >= 15 is 0 Å². The number of ether oxygens (including phenoxy) is 2. The van der Waals surface area contributed by atoms with Crippen LogP contribution in [0.15, 0.2) is 41.3 Å². The Morgan fingerprint density at radius 3 is 2.56 bits per heavy atom. The first kappa shape index (κ1) is 18.0. The Kier molecular flexibility index (Phi) is 4.95. The Hall–Kier alpha value is -1.76. The molecule has 0 N–H and O–H groups in total. The molecule has 7 heteroatoms. The summed E-state index contributed by atoms with van der Waals surface area (Å²) in [6, 6.07) is 10.1. The highest BCUT2D eigenvalue weighted by Crippen LogP contribution is 2.38. The molecular formula is C18H20ClNO4S. The van der Waals surface area contributed by atoms with Crippen LogP contribution in [0.2, 0.25) is 5.02 Å². The van der Waals surface area contributed by atoms with Crippen LogP contribution in [0.3, 0.4) is 0 Å². The number of sulfonamides is 1. The van der Waals surface area contributed by atoms with E-state index in [9.17, 15) is 8.42 Å². The quantitative estimate of drug-likeness (QED) is 0.810. The summed E-state index contributed by atoms with van der Waals surface area (Å²) in [4.78, 5) is 0.0892. The number of fused-ring (bicyclic) bond motifs is 1. The lowest BCUT2D eigenvalue weighted by Gasteiger charge is -2.34. The summed E-state index contributed by atoms with van der Waals surface area (Å²) in [6.45, 7) is 2.28. The Morgan fingerprint density at radius 1 is 1.12 bits per heavy atom. The zero-order valence-corrected chi connectivity index (χ0v) is 15.9. The predicted molar refractivity (Wildman–Crippen MR) is 97.0 cm³/mol. The van der Waals surface area contributed by atoms with E-state index in [2.05, 4.69) is 0 Å². The smallest absolute Gasteiger partial charge is 0.247 e. The fourth-order valence-electron chi connectivity index (χ4n) is 3.22. The predicted octanol–water partition coefficient (Wildman–Crippen LogP) is 3.67. The molecule has 1 aliphatic rings. The minimum Gasteiger partial charge on any atom is -0.497 e. The normalized spacial score (nSPS) is 17.8. The Balaban J connectivity index is 2.03. The molecule has 134 valence electrons. The van der Waals surface area contributed by atoms with Gasteiger partial charge in [0.2, 0.25) is 10.0 Å². The number of halogens is 1. The molecule has 1 aliphatic heterocycles. The third-order valence-electron chi connectivity index (χ3n) is 4.55. The van der Waals surface area contributed by atoms with Crippen molar-refractivity contribution < 1.29 is 17.9 Å². The van der Waals surface area contributed by atoms with Crippen molar-refractivity contribution in [3.63, 3.8) is 0 Å². The van der Waals surface area contributed by atoms with Gasteiger partial charge in [-0.15, -0.1) is 0 Å². The van der Waals surface area contributed by atoms with Gasteiger partial charge in [-0.05, 0) is 54.8 Å². The summed E-state index contributed by atoms with van der Waals surface area (Å²) in [5.41, 5.74) is 2.09. The number of hydrogen-bond donors (Lipinski definition) is 0. The van der Waals surface area contributed by atoms with Gasteiger partial charge in [0, 0.05) is 17.6 Å². The summed E-state index contributed by atoms with van der Waals surface area (Å²) in [7, 11) is -0.673. The number of rotatable bonds is 4. The molecule has 3 rings (SSSR count). The SMILES string of the molecule is COc1ccc2c(c1)CCN(S(=O)(=O)c1cc(Cl)ccc1OC)C2C. The van der Waals surface area contributed by atoms with E-state index in [-0.39, 0.29) is 16.7 Å². The minimum atomic E-state index is -3.74. The minimum absolute atomic E-state index is 0.0892. The molecule has 0 spiro atoms. The third-order valence-corrected chi connectivity index (χ3v) is 6.77. The second-order valence-electron chi connectivity index (χ2n) is 5.90. The highest BCUT2D eigenvalue weighted by Gasteiger charge is 2.35. The van der Waals surface area contributed by atoms with Crippen molar-refractivity contribution in [3.8, 4) is 11.5 Å². The molecule has 0 saturated heterocycles. The van der Waals surface area contributed by atoms with Gasteiger partial charge in [0.15, 0.2) is 0 Å². The van der Waals surface area contributed by atoms with Crippen molar-refractivity contribution in [2.75, 3.05) is 20.8 Å². The van der Waals surface area contributed by atoms with Crippen LogP contribution in [0.5, 0.6) is 11.5 Å². The maximum atomic E-state index is 13.2. The molecule has 25 heavy (non-hydrogen) atoms. The van der Waals surface area contributed by atoms with Crippen LogP contribution in [-0.4, -0.2) is 33.5 Å². The first-order valence-electron chi connectivity index (χ1n) is 7.90. The summed E-state index contributed by atoms with van der Waals surface area (Å²) in [5.74, 6) is 1.07. The molecule has 1 atom stereocenters. The summed E-state index contributed by atoms with van der Waals surface area (Å²) < 4.78 is 38.4. The zero-order valence-electron chi connectivity index (χ0n) is 14.3. The van der Waals surface area contributed by atoms with E-state index in [0.29, 0.717) is 18.0 Å². The van der Waals surface area contributed by atoms with Crippen molar-refractivity contribution in [1.82, 2.24) is 4.31 Å². The lowest BCUT2D eigenvalue weighted by molar-refractivity contribution is 0.322. The van der Waals surface area contributed by atoms with E-state index in [1.165, 1.54) is 17.5 Å². The Bertz CT molecular complexity index is 898. The molecular weight excluding hydrogens is 362 g/mol. The van der Waals surface area contributed by atoms with Crippen molar-refractivity contribution in [2.45, 2.75) is 24.3 Å². The standard InChI is InChI=1S/C18H20ClNO4S/c1-12-16-6-5-15(23-2)10-13(16)8-9-20(12)25(21,22)18-11-14(19)4-7-17(18)24-3/h4-7,10-12H,8-9H2,1-3H3. The number of nitrogens with zero attached hydrogens (tertiary/aromatic N) is 1. The maximum absolute atomic E-state index is 13.2. The molecule has 0 fully saturated rings. The van der Waals surface area contributed by atoms with Gasteiger partial charge in [-0.3, -0.25) is 0 Å². The van der Waals surface area contributed by atoms with E-state index in [4.69, 9.17) is 21.1 Å². The molecule has 0 amide bonds. The molecule has 0 aromatic heterocycles. The fraction of sp³-hybridized carbons (Fsp3) is 0.333. The summed E-state index contributed by atoms with van der Waals surface area (Å²) >= 11 is 6.02. The van der Waals surface area contributed by atoms with E-state index in [1.54, 1.807) is 19.2 Å². The molecule has 0 radical (unpaired) electrons. The first-order chi connectivity index (χ1) is 11.9. The van der Waals surface area contributed by atoms with Gasteiger partial charge in [-0.2, -0.15) is 4.31 Å². The van der Waals surface area contributed by atoms with Gasteiger partial charge in [0.1, 0.15) is 16.4 Å². The molecule has 1 unspecified atom stereocenters. The molecule has 0 saturated carbocycles. The third kappa shape index (κ3) is 3.21. The Labute approximate surface area is 153 Å². The van der Waals surface area contributed by atoms with Gasteiger partial charge in [-0.25, -0.2) is 8.42 Å². The zero-order chi connectivity index (χ0) is 18.2. The van der Waals surface area contributed by atoms with Gasteiger partial charge in [0.25, 0.3) is 0 Å². The van der Waals surface area contributed by atoms with Crippen LogP contribution < -0.4 is 9.47 Å². The summed E-state index contributed by atoms with van der Waals surface area (Å²) in [6.07, 6.45) is 0.624. The molecule has 2 aromatic carbocycles. The number of methoxy groups -OCH3 is 2. The topological polar surface area (TPSA) is 55.8 Å². The fourth-order valence-corrected chi connectivity index (χ4v) is 5.25. The van der Waals surface area contributed by atoms with Gasteiger partial charge >= 0.3 is 0 Å². The highest BCUT2D eigenvalue weighted by atomic mass is 35.5. The van der Waals surface area contributed by atoms with Gasteiger partial charge in [0.05, 0.1) is 14.2 Å². The molecule has 2 aromatic rings. The second kappa shape index (κ2) is 6.86. The summed E-state index contributed by atoms with van der Waals surface area (Å²) in [5, 5.41) is 0.356. The average molecular weight is 382 g/mol. The molecule has 1 heterocycles. The maximum Gasteiger partial charge on any atom is 0.247 e. The monoisotopic (exact) mass is 381 g/mol. The largest absolute Gasteiger partial charge is 0.497 e. The van der Waals surface area contributed by atoms with Crippen LogP contribution in [-0.2, 0) is 16.4 Å². The van der Waals surface area contributed by atoms with Crippen LogP contribution in [0.25, 0.3) is 0 Å². The second-order valence-corrected chi connectivity index (χ2v) is 8.20. The van der Waals surface area contributed by atoms with E-state index < -0.39 is 10.0 Å². The lowest BCUT2D eigenvalue weighted by atomic mass is 9.95. The van der Waals surface area contributed by atoms with E-state index in [1.807, 2.05) is 25.1 Å². The molecule has 0 aliphatic carbocycles. The lowest BCUT2D eigenvalue weighted by Crippen LogP contribution is -2.39. The van der Waals surface area contributed by atoms with Gasteiger partial charge < -0.3 is 9.47 Å². The number of hydrogen-bond acceptors (Lipinski definition) is 4. The van der Waals surface area contributed by atoms with Crippen molar-refractivity contribution in [2.24, 2.45) is 0 Å². The van der Waals surface area contributed by atoms with Crippen molar-refractivity contribution in [3.05, 3.63) is 52.5 Å². The van der Waals surface area contributed by atoms with Crippen LogP contribution in [0.4, 0.5) is 0 Å². The molecule has 5 nitrogen and oxygen atoms in total. The van der Waals surface area contributed by atoms with Gasteiger partial charge in [-0.1, -0.05) is 17.7 Å². The highest BCUT2D eigenvalue weighted by molar-refractivity contribution is 7.89. The van der Waals surface area contributed by atoms with Crippen LogP contribution in [0, 0.1) is 0 Å². The van der Waals surface area contributed by atoms with E-state index in [0.717, 1.165) is 16.9 Å². The van der Waals surface area contributed by atoms with Crippen LogP contribution >= 0.6 is 11.6 Å². The first-order valence-corrected chi connectivity index (χ1v) is 9.72. The number of benzene rings is 2. The molecule has 0 bridgehead atoms. The Morgan fingerprint density at radius 2 is 1.88 bits per heavy atom.